The predicted molar refractivity (Wildman–Crippen MR) is 58.9 cm³/mol. The van der Waals surface area contributed by atoms with E-state index >= 15 is 0 Å². The van der Waals surface area contributed by atoms with Crippen LogP contribution in [-0.4, -0.2) is 22.6 Å². The lowest BCUT2D eigenvalue weighted by Gasteiger charge is -2.21. The number of hydrogen-bond donors (Lipinski definition) is 1. The van der Waals surface area contributed by atoms with E-state index in [0.717, 1.165) is 6.08 Å². The van der Waals surface area contributed by atoms with Gasteiger partial charge < -0.3 is 9.84 Å². The minimum atomic E-state index is -0.809. The molecule has 0 unspecified atom stereocenters. The average Bonchev–Trinajstić information content (AvgIpc) is 2.37. The molecule has 1 rings (SSSR count). The normalized spacial score (nSPS) is 21.1. The Labute approximate surface area is 98.5 Å². The molecule has 0 radical (unpaired) electrons. The van der Waals surface area contributed by atoms with Crippen molar-refractivity contribution in [1.82, 2.24) is 0 Å². The number of ether oxygens (including phenoxy) is 1. The molecule has 16 heavy (non-hydrogen) atoms. The molecule has 5 heteroatoms. The van der Waals surface area contributed by atoms with Crippen LogP contribution >= 0.6 is 11.6 Å². The third-order valence-electron chi connectivity index (χ3n) is 2.01. The zero-order valence-electron chi connectivity index (χ0n) is 9.38. The molecule has 1 aliphatic rings. The number of rotatable bonds is 2. The Kier molecular flexibility index (Phi) is 3.63. The summed E-state index contributed by atoms with van der Waals surface area (Å²) in [4.78, 5) is 11.7. The van der Waals surface area contributed by atoms with Gasteiger partial charge >= 0.3 is 5.97 Å². The van der Waals surface area contributed by atoms with E-state index in [4.69, 9.17) is 16.3 Å². The van der Waals surface area contributed by atoms with Crippen molar-refractivity contribution in [3.05, 3.63) is 23.2 Å². The van der Waals surface area contributed by atoms with Crippen LogP contribution in [0.25, 0.3) is 0 Å². The van der Waals surface area contributed by atoms with Crippen LogP contribution in [0.4, 0.5) is 4.39 Å². The monoisotopic (exact) mass is 248 g/mol. The van der Waals surface area contributed by atoms with Gasteiger partial charge in [0, 0.05) is 12.0 Å². The van der Waals surface area contributed by atoms with Gasteiger partial charge in [-0.15, -0.1) is 11.6 Å². The van der Waals surface area contributed by atoms with E-state index in [1.807, 2.05) is 0 Å². The highest BCUT2D eigenvalue weighted by atomic mass is 35.5. The lowest BCUT2D eigenvalue weighted by Crippen LogP contribution is -2.27. The Balaban J connectivity index is 2.89. The highest BCUT2D eigenvalue weighted by Gasteiger charge is 2.35. The van der Waals surface area contributed by atoms with Crippen molar-refractivity contribution >= 4 is 17.6 Å². The second-order valence-corrected chi connectivity index (χ2v) is 4.85. The second-order valence-electron chi connectivity index (χ2n) is 4.54. The minimum absolute atomic E-state index is 0.0651. The van der Waals surface area contributed by atoms with Gasteiger partial charge in [0.15, 0.2) is 0 Å². The zero-order chi connectivity index (χ0) is 12.5. The molecule has 0 heterocycles. The first kappa shape index (κ1) is 13.0. The van der Waals surface area contributed by atoms with Crippen LogP contribution in [0.15, 0.2) is 23.2 Å². The Hall–Kier alpha value is -1.03. The third-order valence-corrected chi connectivity index (χ3v) is 2.32. The molecule has 0 aliphatic heterocycles. The summed E-state index contributed by atoms with van der Waals surface area (Å²) >= 11 is 5.57. The molecule has 90 valence electrons. The molecule has 0 amide bonds. The van der Waals surface area contributed by atoms with Crippen molar-refractivity contribution in [3.63, 3.8) is 0 Å². The maximum Gasteiger partial charge on any atom is 0.338 e. The largest absolute Gasteiger partial charge is 0.512 e. The number of allylic oxidation sites excluding steroid dienone is 3. The Morgan fingerprint density at radius 3 is 2.62 bits per heavy atom. The highest BCUT2D eigenvalue weighted by molar-refractivity contribution is 6.18. The van der Waals surface area contributed by atoms with Crippen molar-refractivity contribution in [1.29, 1.82) is 0 Å². The molecule has 0 aromatic rings. The summed E-state index contributed by atoms with van der Waals surface area (Å²) in [6, 6.07) is 0. The summed E-state index contributed by atoms with van der Waals surface area (Å²) < 4.78 is 18.4. The van der Waals surface area contributed by atoms with Gasteiger partial charge in [-0.25, -0.2) is 9.18 Å². The van der Waals surface area contributed by atoms with Gasteiger partial charge in [-0.3, -0.25) is 0 Å². The predicted octanol–water partition coefficient (Wildman–Crippen LogP) is 2.86. The third kappa shape index (κ3) is 2.76. The van der Waals surface area contributed by atoms with Gasteiger partial charge in [0.2, 0.25) is 0 Å². The number of aliphatic hydroxyl groups is 1. The summed E-state index contributed by atoms with van der Waals surface area (Å²) in [5.41, 5.74) is -0.915. The number of halogens is 2. The highest BCUT2D eigenvalue weighted by Crippen LogP contribution is 2.33. The van der Waals surface area contributed by atoms with Crippen LogP contribution < -0.4 is 0 Å². The first-order valence-corrected chi connectivity index (χ1v) is 5.39. The van der Waals surface area contributed by atoms with Crippen LogP contribution in [0, 0.1) is 5.92 Å². The van der Waals surface area contributed by atoms with Crippen LogP contribution in [0.2, 0.25) is 0 Å². The van der Waals surface area contributed by atoms with Gasteiger partial charge in [-0.2, -0.15) is 0 Å². The second kappa shape index (κ2) is 4.45. The molecule has 0 fully saturated rings. The maximum atomic E-state index is 13.4. The summed E-state index contributed by atoms with van der Waals surface area (Å²) in [6.45, 7) is 5.05. The topological polar surface area (TPSA) is 46.5 Å². The first-order valence-electron chi connectivity index (χ1n) is 4.86. The summed E-state index contributed by atoms with van der Waals surface area (Å²) in [6.07, 6.45) is 0.895. The lowest BCUT2D eigenvalue weighted by molar-refractivity contribution is -0.150. The number of esters is 1. The van der Waals surface area contributed by atoms with E-state index in [0.29, 0.717) is 0 Å². The maximum absolute atomic E-state index is 13.4. The molecule has 1 atom stereocenters. The fourth-order valence-electron chi connectivity index (χ4n) is 1.35. The van der Waals surface area contributed by atoms with Crippen molar-refractivity contribution in [2.45, 2.75) is 26.4 Å². The van der Waals surface area contributed by atoms with Gasteiger partial charge in [0.25, 0.3) is 0 Å². The Morgan fingerprint density at radius 2 is 2.19 bits per heavy atom. The van der Waals surface area contributed by atoms with Crippen LogP contribution in [0.3, 0.4) is 0 Å². The van der Waals surface area contributed by atoms with E-state index in [-0.39, 0.29) is 17.2 Å². The molecule has 0 spiro atoms. The number of carbonyl (C=O) groups is 1. The Morgan fingerprint density at radius 1 is 1.62 bits per heavy atom. The van der Waals surface area contributed by atoms with E-state index < -0.39 is 23.3 Å². The van der Waals surface area contributed by atoms with Crippen LogP contribution in [-0.2, 0) is 9.53 Å². The Bertz CT molecular complexity index is 366. The van der Waals surface area contributed by atoms with Crippen molar-refractivity contribution in [3.8, 4) is 0 Å². The van der Waals surface area contributed by atoms with Crippen molar-refractivity contribution in [2.75, 3.05) is 5.88 Å². The fraction of sp³-hybridized carbons (Fsp3) is 0.545. The number of alkyl halides is 1. The van der Waals surface area contributed by atoms with Crippen molar-refractivity contribution < 1.29 is 19.0 Å². The summed E-state index contributed by atoms with van der Waals surface area (Å²) in [5, 5.41) is 9.36. The molecule has 0 saturated carbocycles. The zero-order valence-corrected chi connectivity index (χ0v) is 10.1. The molecule has 1 aliphatic carbocycles. The molecule has 0 aromatic carbocycles. The molecule has 0 bridgehead atoms. The van der Waals surface area contributed by atoms with E-state index in [9.17, 15) is 14.3 Å². The van der Waals surface area contributed by atoms with E-state index in [2.05, 4.69) is 0 Å². The van der Waals surface area contributed by atoms with E-state index in [1.54, 1.807) is 20.8 Å². The summed E-state index contributed by atoms with van der Waals surface area (Å²) in [5.74, 6) is -2.68. The lowest BCUT2D eigenvalue weighted by atomic mass is 10.0. The standard InChI is InChI=1S/C11H14ClFO3/c1-11(2,3)16-10(15)9-6(5-12)8(14)4-7(9)13/h4,6,14H,5H2,1-3H3/t6-/m0/s1. The average molecular weight is 249 g/mol. The number of carbonyl (C=O) groups excluding carboxylic acids is 1. The van der Waals surface area contributed by atoms with Crippen molar-refractivity contribution in [2.24, 2.45) is 5.92 Å². The fourth-order valence-corrected chi connectivity index (χ4v) is 1.66. The smallest absolute Gasteiger partial charge is 0.338 e. The minimum Gasteiger partial charge on any atom is -0.512 e. The van der Waals surface area contributed by atoms with Crippen LogP contribution in [0.1, 0.15) is 20.8 Å². The van der Waals surface area contributed by atoms with Gasteiger partial charge in [-0.1, -0.05) is 0 Å². The first-order chi connectivity index (χ1) is 7.26. The van der Waals surface area contributed by atoms with E-state index in [1.165, 1.54) is 0 Å². The van der Waals surface area contributed by atoms with Gasteiger partial charge in [-0.05, 0) is 20.8 Å². The molecular weight excluding hydrogens is 235 g/mol. The molecule has 3 nitrogen and oxygen atoms in total. The number of aliphatic hydroxyl groups excluding tert-OH is 1. The number of hydrogen-bond acceptors (Lipinski definition) is 3. The molecule has 0 saturated heterocycles. The van der Waals surface area contributed by atoms with Gasteiger partial charge in [0.1, 0.15) is 17.2 Å². The van der Waals surface area contributed by atoms with Gasteiger partial charge in [0.05, 0.1) is 11.5 Å². The molecule has 1 N–H and O–H groups in total. The summed E-state index contributed by atoms with van der Waals surface area (Å²) in [7, 11) is 0. The SMILES string of the molecule is CC(C)(C)OC(=O)C1=C(F)C=C(O)[C@@H]1CCl. The molecular formula is C11H14ClFO3. The quantitative estimate of drug-likeness (QED) is 0.604. The molecule has 0 aromatic heterocycles. The van der Waals surface area contributed by atoms with Crippen LogP contribution in [0.5, 0.6) is 0 Å².